The highest BCUT2D eigenvalue weighted by Crippen LogP contribution is 2.31. The summed E-state index contributed by atoms with van der Waals surface area (Å²) >= 11 is 1.47. The average molecular weight is 436 g/mol. The monoisotopic (exact) mass is 435 g/mol. The maximum absolute atomic E-state index is 10.6. The third kappa shape index (κ3) is 6.56. The number of aliphatic carboxylic acids is 1. The van der Waals surface area contributed by atoms with Crippen molar-refractivity contribution in [1.82, 2.24) is 9.97 Å². The molecule has 6 heteroatoms. The third-order valence-corrected chi connectivity index (χ3v) is 5.96. The Bertz CT molecular complexity index is 965. The maximum Gasteiger partial charge on any atom is 0.313 e. The minimum atomic E-state index is -0.754. The van der Waals surface area contributed by atoms with E-state index in [0.717, 1.165) is 53.5 Å². The van der Waals surface area contributed by atoms with E-state index in [-0.39, 0.29) is 11.8 Å². The highest BCUT2D eigenvalue weighted by Gasteiger charge is 2.17. The molecule has 1 aromatic heterocycles. The summed E-state index contributed by atoms with van der Waals surface area (Å²) in [6.45, 7) is 5.18. The van der Waals surface area contributed by atoms with Crippen molar-refractivity contribution in [2.24, 2.45) is 0 Å². The number of carboxylic acids is 1. The van der Waals surface area contributed by atoms with Crippen molar-refractivity contribution in [2.45, 2.75) is 32.7 Å². The van der Waals surface area contributed by atoms with Gasteiger partial charge in [-0.25, -0.2) is 4.98 Å². The quantitative estimate of drug-likeness (QED) is 0.394. The molecule has 3 aromatic rings. The minimum absolute atomic E-state index is 0.167. The molecule has 1 N–H and O–H groups in total. The first-order valence-corrected chi connectivity index (χ1v) is 11.8. The fourth-order valence-corrected chi connectivity index (χ4v) is 4.13. The molecular formula is C25H29N3O2S. The summed E-state index contributed by atoms with van der Waals surface area (Å²) in [4.78, 5) is 22.8. The largest absolute Gasteiger partial charge is 0.481 e. The van der Waals surface area contributed by atoms with E-state index in [1.165, 1.54) is 11.8 Å². The van der Waals surface area contributed by atoms with Crippen LogP contribution >= 0.6 is 11.8 Å². The lowest BCUT2D eigenvalue weighted by atomic mass is 10.0. The molecule has 3 rings (SSSR count). The first kappa shape index (κ1) is 22.8. The van der Waals surface area contributed by atoms with E-state index >= 15 is 0 Å². The van der Waals surface area contributed by atoms with Gasteiger partial charge in [0.1, 0.15) is 5.82 Å². The van der Waals surface area contributed by atoms with Crippen molar-refractivity contribution in [3.05, 3.63) is 66.9 Å². The Labute approximate surface area is 188 Å². The van der Waals surface area contributed by atoms with Gasteiger partial charge in [0.05, 0.1) is 23.3 Å². The Balaban J connectivity index is 1.83. The second kappa shape index (κ2) is 11.5. The molecule has 0 atom stereocenters. The molecule has 0 spiro atoms. The second-order valence-electron chi connectivity index (χ2n) is 7.60. The van der Waals surface area contributed by atoms with Crippen LogP contribution in [0.3, 0.4) is 0 Å². The highest BCUT2D eigenvalue weighted by atomic mass is 32.2. The molecule has 0 saturated heterocycles. The molecule has 0 saturated carbocycles. The molecule has 0 aliphatic heterocycles. The standard InChI is InChI=1S/C25H29N3O2S/c1-19(2)28(15-9-10-16-31-18-23(29)30)22-17-26-24(20-11-5-3-6-12-20)25(27-22)21-13-7-4-8-14-21/h3-8,11-14,17,19H,9-10,15-16,18H2,1-2H3,(H,29,30). The lowest BCUT2D eigenvalue weighted by Crippen LogP contribution is -2.32. The third-order valence-electron chi connectivity index (χ3n) is 4.94. The zero-order chi connectivity index (χ0) is 22.1. The summed E-state index contributed by atoms with van der Waals surface area (Å²) in [5, 5.41) is 8.76. The van der Waals surface area contributed by atoms with E-state index in [9.17, 15) is 4.79 Å². The van der Waals surface area contributed by atoms with Gasteiger partial charge in [0.2, 0.25) is 0 Å². The average Bonchev–Trinajstić information content (AvgIpc) is 2.79. The second-order valence-corrected chi connectivity index (χ2v) is 8.70. The minimum Gasteiger partial charge on any atom is -0.481 e. The number of hydrogen-bond donors (Lipinski definition) is 1. The first-order valence-electron chi connectivity index (χ1n) is 10.6. The molecule has 0 unspecified atom stereocenters. The first-order chi connectivity index (χ1) is 15.1. The van der Waals surface area contributed by atoms with Crippen molar-refractivity contribution in [1.29, 1.82) is 0 Å². The summed E-state index contributed by atoms with van der Waals surface area (Å²) in [5.74, 6) is 1.13. The van der Waals surface area contributed by atoms with Crippen LogP contribution < -0.4 is 4.90 Å². The van der Waals surface area contributed by atoms with Crippen LogP contribution in [0.25, 0.3) is 22.5 Å². The fraction of sp³-hybridized carbons (Fsp3) is 0.320. The van der Waals surface area contributed by atoms with Crippen molar-refractivity contribution in [2.75, 3.05) is 23.0 Å². The van der Waals surface area contributed by atoms with Crippen molar-refractivity contribution >= 4 is 23.5 Å². The predicted octanol–water partition coefficient (Wildman–Crippen LogP) is 5.62. The number of thioether (sulfide) groups is 1. The summed E-state index contributed by atoms with van der Waals surface area (Å²) in [6.07, 6.45) is 3.82. The molecular weight excluding hydrogens is 406 g/mol. The number of nitrogens with zero attached hydrogens (tertiary/aromatic N) is 3. The van der Waals surface area contributed by atoms with E-state index in [0.29, 0.717) is 0 Å². The van der Waals surface area contributed by atoms with Gasteiger partial charge in [0, 0.05) is 23.7 Å². The molecule has 31 heavy (non-hydrogen) atoms. The smallest absolute Gasteiger partial charge is 0.313 e. The summed E-state index contributed by atoms with van der Waals surface area (Å²) in [5.41, 5.74) is 3.85. The highest BCUT2D eigenvalue weighted by molar-refractivity contribution is 7.99. The van der Waals surface area contributed by atoms with Crippen LogP contribution in [0.4, 0.5) is 5.82 Å². The summed E-state index contributed by atoms with van der Waals surface area (Å²) in [6, 6.07) is 20.6. The Morgan fingerprint density at radius 1 is 0.968 bits per heavy atom. The number of carbonyl (C=O) groups is 1. The van der Waals surface area contributed by atoms with Gasteiger partial charge in [-0.3, -0.25) is 9.78 Å². The number of unbranched alkanes of at least 4 members (excludes halogenated alkanes) is 1. The van der Waals surface area contributed by atoms with Crippen LogP contribution in [0.1, 0.15) is 26.7 Å². The van der Waals surface area contributed by atoms with Gasteiger partial charge in [-0.15, -0.1) is 0 Å². The molecule has 0 bridgehead atoms. The van der Waals surface area contributed by atoms with Crippen LogP contribution in [0, 0.1) is 0 Å². The molecule has 0 fully saturated rings. The maximum atomic E-state index is 10.6. The van der Waals surface area contributed by atoms with Crippen LogP contribution in [-0.4, -0.2) is 45.1 Å². The number of anilines is 1. The van der Waals surface area contributed by atoms with E-state index in [1.807, 2.05) is 42.6 Å². The summed E-state index contributed by atoms with van der Waals surface area (Å²) < 4.78 is 0. The normalized spacial score (nSPS) is 10.9. The van der Waals surface area contributed by atoms with Crippen molar-refractivity contribution in [3.8, 4) is 22.5 Å². The van der Waals surface area contributed by atoms with Crippen LogP contribution in [0.15, 0.2) is 66.9 Å². The lowest BCUT2D eigenvalue weighted by Gasteiger charge is -2.28. The van der Waals surface area contributed by atoms with Gasteiger partial charge in [0.25, 0.3) is 0 Å². The zero-order valence-electron chi connectivity index (χ0n) is 18.1. The number of aromatic nitrogens is 2. The molecule has 1 heterocycles. The Morgan fingerprint density at radius 2 is 1.58 bits per heavy atom. The molecule has 5 nitrogen and oxygen atoms in total. The molecule has 2 aromatic carbocycles. The van der Waals surface area contributed by atoms with Gasteiger partial charge in [-0.05, 0) is 32.4 Å². The number of rotatable bonds is 11. The van der Waals surface area contributed by atoms with Crippen molar-refractivity contribution < 1.29 is 9.90 Å². The zero-order valence-corrected chi connectivity index (χ0v) is 18.9. The number of carboxylic acid groups (broad SMARTS) is 1. The SMILES string of the molecule is CC(C)N(CCCCSCC(=O)O)c1cnc(-c2ccccc2)c(-c2ccccc2)n1. The topological polar surface area (TPSA) is 66.3 Å². The van der Waals surface area contributed by atoms with Crippen LogP contribution in [-0.2, 0) is 4.79 Å². The predicted molar refractivity (Wildman–Crippen MR) is 130 cm³/mol. The van der Waals surface area contributed by atoms with E-state index < -0.39 is 5.97 Å². The van der Waals surface area contributed by atoms with Gasteiger partial charge in [-0.2, -0.15) is 11.8 Å². The molecule has 0 aliphatic rings. The summed E-state index contributed by atoms with van der Waals surface area (Å²) in [7, 11) is 0. The Morgan fingerprint density at radius 3 is 2.16 bits per heavy atom. The Hall–Kier alpha value is -2.86. The van der Waals surface area contributed by atoms with Gasteiger partial charge in [0.15, 0.2) is 0 Å². The van der Waals surface area contributed by atoms with Crippen molar-refractivity contribution in [3.63, 3.8) is 0 Å². The van der Waals surface area contributed by atoms with E-state index in [1.54, 1.807) is 0 Å². The fourth-order valence-electron chi connectivity index (χ4n) is 3.41. The lowest BCUT2D eigenvalue weighted by molar-refractivity contribution is -0.133. The van der Waals surface area contributed by atoms with Crippen LogP contribution in [0.2, 0.25) is 0 Å². The number of hydrogen-bond acceptors (Lipinski definition) is 5. The van der Waals surface area contributed by atoms with E-state index in [4.69, 9.17) is 15.1 Å². The van der Waals surface area contributed by atoms with Gasteiger partial charge >= 0.3 is 5.97 Å². The number of benzene rings is 2. The van der Waals surface area contributed by atoms with Crippen LogP contribution in [0.5, 0.6) is 0 Å². The molecule has 0 amide bonds. The van der Waals surface area contributed by atoms with Gasteiger partial charge in [-0.1, -0.05) is 60.7 Å². The molecule has 0 aliphatic carbocycles. The molecule has 0 radical (unpaired) electrons. The molecule has 162 valence electrons. The van der Waals surface area contributed by atoms with E-state index in [2.05, 4.69) is 43.0 Å². The Kier molecular flexibility index (Phi) is 8.47. The van der Waals surface area contributed by atoms with Gasteiger partial charge < -0.3 is 10.0 Å².